The molecule has 0 saturated carbocycles. The van der Waals surface area contributed by atoms with Crippen LogP contribution in [0.5, 0.6) is 0 Å². The lowest BCUT2D eigenvalue weighted by Crippen LogP contribution is -2.44. The van der Waals surface area contributed by atoms with Crippen LogP contribution in [-0.4, -0.2) is 68.0 Å². The molecule has 0 spiro atoms. The topological polar surface area (TPSA) is 60.0 Å². The molecule has 1 atom stereocenters. The summed E-state index contributed by atoms with van der Waals surface area (Å²) in [6, 6.07) is 19.1. The zero-order valence-electron chi connectivity index (χ0n) is 19.1. The van der Waals surface area contributed by atoms with Gasteiger partial charge >= 0.3 is 0 Å². The van der Waals surface area contributed by atoms with Crippen molar-refractivity contribution in [3.05, 3.63) is 71.3 Å². The molecular weight excluding hydrogens is 398 g/mol. The van der Waals surface area contributed by atoms with Crippen LogP contribution in [0.2, 0.25) is 0 Å². The van der Waals surface area contributed by atoms with Gasteiger partial charge in [0.15, 0.2) is 5.96 Å². The number of carbonyl (C=O) groups is 1. The number of nitrogens with one attached hydrogen (secondary N) is 2. The molecule has 1 fully saturated rings. The maximum atomic E-state index is 12.4. The number of carbonyl (C=O) groups excluding carboxylic acids is 1. The van der Waals surface area contributed by atoms with Gasteiger partial charge < -0.3 is 15.5 Å². The van der Waals surface area contributed by atoms with Crippen molar-refractivity contribution >= 4 is 11.9 Å². The van der Waals surface area contributed by atoms with Gasteiger partial charge in [-0.3, -0.25) is 14.7 Å². The minimum Gasteiger partial charge on any atom is -0.356 e. The Balaban J connectivity index is 1.15. The molecule has 0 radical (unpaired) electrons. The molecule has 2 N–H and O–H groups in total. The normalized spacial score (nSPS) is 19.2. The van der Waals surface area contributed by atoms with Crippen molar-refractivity contribution in [1.82, 2.24) is 20.4 Å². The minimum atomic E-state index is 0.265. The third-order valence-corrected chi connectivity index (χ3v) is 6.52. The molecule has 4 rings (SSSR count). The van der Waals surface area contributed by atoms with Gasteiger partial charge in [-0.05, 0) is 29.5 Å². The van der Waals surface area contributed by atoms with Gasteiger partial charge in [0.1, 0.15) is 0 Å². The highest BCUT2D eigenvalue weighted by Crippen LogP contribution is 2.18. The van der Waals surface area contributed by atoms with Crippen LogP contribution in [0.4, 0.5) is 0 Å². The van der Waals surface area contributed by atoms with E-state index in [1.165, 1.54) is 16.7 Å². The summed E-state index contributed by atoms with van der Waals surface area (Å²) in [5, 5.41) is 6.85. The number of amides is 1. The molecule has 2 aliphatic rings. The maximum absolute atomic E-state index is 12.4. The van der Waals surface area contributed by atoms with E-state index < -0.39 is 0 Å². The van der Waals surface area contributed by atoms with Crippen LogP contribution < -0.4 is 10.6 Å². The Morgan fingerprint density at radius 1 is 1.03 bits per heavy atom. The van der Waals surface area contributed by atoms with E-state index in [1.54, 1.807) is 7.05 Å². The first kappa shape index (κ1) is 22.3. The summed E-state index contributed by atoms with van der Waals surface area (Å²) >= 11 is 0. The number of rotatable bonds is 8. The van der Waals surface area contributed by atoms with E-state index in [-0.39, 0.29) is 5.91 Å². The molecule has 1 saturated heterocycles. The Labute approximate surface area is 191 Å². The molecule has 2 heterocycles. The van der Waals surface area contributed by atoms with Crippen LogP contribution in [0, 0.1) is 5.92 Å². The Kier molecular flexibility index (Phi) is 7.77. The smallest absolute Gasteiger partial charge is 0.223 e. The molecule has 2 aromatic rings. The summed E-state index contributed by atoms with van der Waals surface area (Å²) < 4.78 is 0. The zero-order chi connectivity index (χ0) is 22.2. The molecule has 170 valence electrons. The van der Waals surface area contributed by atoms with Crippen LogP contribution in [0.1, 0.15) is 23.1 Å². The Morgan fingerprint density at radius 3 is 2.62 bits per heavy atom. The number of nitrogens with zero attached hydrogens (tertiary/aromatic N) is 3. The number of likely N-dealkylation sites (tertiary alicyclic amines) is 1. The van der Waals surface area contributed by atoms with E-state index in [1.807, 2.05) is 11.0 Å². The molecule has 6 nitrogen and oxygen atoms in total. The first-order valence-electron chi connectivity index (χ1n) is 11.8. The lowest BCUT2D eigenvalue weighted by atomic mass is 10.00. The number of hydrogen-bond acceptors (Lipinski definition) is 3. The summed E-state index contributed by atoms with van der Waals surface area (Å²) in [5.74, 6) is 1.41. The van der Waals surface area contributed by atoms with Crippen LogP contribution in [-0.2, 0) is 24.2 Å². The SMILES string of the molecule is CN=C(NCCN1CCc2ccccc2C1)NCC1CC(=O)N(CCc2ccccc2)C1. The average molecular weight is 434 g/mol. The largest absolute Gasteiger partial charge is 0.356 e. The Morgan fingerprint density at radius 2 is 1.81 bits per heavy atom. The Bertz CT molecular complexity index is 913. The van der Waals surface area contributed by atoms with Crippen molar-refractivity contribution in [2.75, 3.05) is 46.3 Å². The molecule has 2 aromatic carbocycles. The summed E-state index contributed by atoms with van der Waals surface area (Å²) in [4.78, 5) is 21.3. The van der Waals surface area contributed by atoms with Crippen LogP contribution >= 0.6 is 0 Å². The van der Waals surface area contributed by atoms with Crippen molar-refractivity contribution in [1.29, 1.82) is 0 Å². The quantitative estimate of drug-likeness (QED) is 0.495. The zero-order valence-corrected chi connectivity index (χ0v) is 19.1. The molecular formula is C26H35N5O. The third-order valence-electron chi connectivity index (χ3n) is 6.52. The lowest BCUT2D eigenvalue weighted by Gasteiger charge is -2.29. The molecule has 0 aromatic heterocycles. The van der Waals surface area contributed by atoms with Gasteiger partial charge in [0.05, 0.1) is 0 Å². The lowest BCUT2D eigenvalue weighted by molar-refractivity contribution is -0.127. The van der Waals surface area contributed by atoms with Gasteiger partial charge in [0, 0.05) is 65.2 Å². The first-order valence-corrected chi connectivity index (χ1v) is 11.8. The van der Waals surface area contributed by atoms with E-state index >= 15 is 0 Å². The molecule has 32 heavy (non-hydrogen) atoms. The summed E-state index contributed by atoms with van der Waals surface area (Å²) in [5.41, 5.74) is 4.21. The number of aliphatic imine (C=N–C) groups is 1. The van der Waals surface area contributed by atoms with Crippen molar-refractivity contribution in [3.8, 4) is 0 Å². The van der Waals surface area contributed by atoms with Gasteiger partial charge in [-0.2, -0.15) is 0 Å². The van der Waals surface area contributed by atoms with E-state index in [9.17, 15) is 4.79 Å². The second-order valence-electron chi connectivity index (χ2n) is 8.82. The fraction of sp³-hybridized carbons (Fsp3) is 0.462. The monoisotopic (exact) mass is 433 g/mol. The second-order valence-corrected chi connectivity index (χ2v) is 8.82. The van der Waals surface area contributed by atoms with E-state index in [2.05, 4.69) is 69.1 Å². The van der Waals surface area contributed by atoms with E-state index in [0.29, 0.717) is 12.3 Å². The predicted molar refractivity (Wildman–Crippen MR) is 130 cm³/mol. The molecule has 1 unspecified atom stereocenters. The highest BCUT2D eigenvalue weighted by molar-refractivity contribution is 5.80. The van der Waals surface area contributed by atoms with Gasteiger partial charge in [-0.1, -0.05) is 54.6 Å². The van der Waals surface area contributed by atoms with Crippen LogP contribution in [0.25, 0.3) is 0 Å². The molecule has 6 heteroatoms. The van der Waals surface area contributed by atoms with Crippen molar-refractivity contribution in [2.45, 2.75) is 25.8 Å². The van der Waals surface area contributed by atoms with E-state index in [4.69, 9.17) is 0 Å². The van der Waals surface area contributed by atoms with Crippen molar-refractivity contribution < 1.29 is 4.79 Å². The maximum Gasteiger partial charge on any atom is 0.223 e. The number of benzene rings is 2. The van der Waals surface area contributed by atoms with Crippen LogP contribution in [0.15, 0.2) is 59.6 Å². The number of guanidine groups is 1. The summed E-state index contributed by atoms with van der Waals surface area (Å²) in [6.07, 6.45) is 2.66. The highest BCUT2D eigenvalue weighted by Gasteiger charge is 2.29. The average Bonchev–Trinajstić information content (AvgIpc) is 3.19. The van der Waals surface area contributed by atoms with Gasteiger partial charge in [0.2, 0.25) is 5.91 Å². The first-order chi connectivity index (χ1) is 15.7. The highest BCUT2D eigenvalue weighted by atomic mass is 16.2. The molecule has 0 aliphatic carbocycles. The third kappa shape index (κ3) is 6.10. The minimum absolute atomic E-state index is 0.265. The second kappa shape index (κ2) is 11.1. The molecule has 2 aliphatic heterocycles. The number of fused-ring (bicyclic) bond motifs is 1. The van der Waals surface area contributed by atoms with Gasteiger partial charge in [-0.15, -0.1) is 0 Å². The predicted octanol–water partition coefficient (Wildman–Crippen LogP) is 2.30. The van der Waals surface area contributed by atoms with Gasteiger partial charge in [-0.25, -0.2) is 0 Å². The molecule has 1 amide bonds. The van der Waals surface area contributed by atoms with Gasteiger partial charge in [0.25, 0.3) is 0 Å². The fourth-order valence-corrected chi connectivity index (χ4v) is 4.65. The summed E-state index contributed by atoms with van der Waals surface area (Å²) in [6.45, 7) is 6.36. The van der Waals surface area contributed by atoms with Crippen molar-refractivity contribution in [2.24, 2.45) is 10.9 Å². The van der Waals surface area contributed by atoms with Crippen molar-refractivity contribution in [3.63, 3.8) is 0 Å². The Hall–Kier alpha value is -2.86. The standard InChI is InChI=1S/C26H35N5O/c1-27-26(28-13-16-30-14-12-23-9-5-6-10-24(23)20-30)29-18-22-17-25(32)31(19-22)15-11-21-7-3-2-4-8-21/h2-10,22H,11-20H2,1H3,(H2,27,28,29). The number of hydrogen-bond donors (Lipinski definition) is 2. The van der Waals surface area contributed by atoms with E-state index in [0.717, 1.165) is 64.6 Å². The van der Waals surface area contributed by atoms with Crippen LogP contribution in [0.3, 0.4) is 0 Å². The fourth-order valence-electron chi connectivity index (χ4n) is 4.65. The summed E-state index contributed by atoms with van der Waals surface area (Å²) in [7, 11) is 1.80. The molecule has 0 bridgehead atoms.